The van der Waals surface area contributed by atoms with Gasteiger partial charge in [0.15, 0.2) is 0 Å². The van der Waals surface area contributed by atoms with Crippen molar-refractivity contribution < 1.29 is 24.2 Å². The molecule has 21 heavy (non-hydrogen) atoms. The van der Waals surface area contributed by atoms with Gasteiger partial charge in [0.2, 0.25) is 0 Å². The fraction of sp³-hybridized carbons (Fsp3) is 0.500. The molecule has 1 aliphatic rings. The molecule has 0 amide bonds. The number of halogens is 1. The Morgan fingerprint density at radius 3 is 2.48 bits per heavy atom. The maximum absolute atomic E-state index is 13.0. The maximum atomic E-state index is 13.0. The minimum atomic E-state index is -1.82. The average molecular weight is 298 g/mol. The molecule has 116 valence electrons. The fourth-order valence-corrected chi connectivity index (χ4v) is 2.63. The van der Waals surface area contributed by atoms with Crippen molar-refractivity contribution in [1.29, 1.82) is 0 Å². The average Bonchev–Trinajstić information content (AvgIpc) is 2.74. The van der Waals surface area contributed by atoms with Crippen LogP contribution in [0.3, 0.4) is 0 Å². The molecule has 2 rings (SSSR count). The number of likely N-dealkylation sites (tertiary alicyclic amines) is 1. The Balaban J connectivity index is 0.000000315. The normalized spacial score (nSPS) is 25.0. The lowest BCUT2D eigenvalue weighted by atomic mass is 9.90. The second-order valence-corrected chi connectivity index (χ2v) is 5.08. The zero-order chi connectivity index (χ0) is 16.0. The lowest BCUT2D eigenvalue weighted by molar-refractivity contribution is -0.159. The summed E-state index contributed by atoms with van der Waals surface area (Å²) in [5.74, 6) is -3.12. The molecule has 0 saturated carbocycles. The summed E-state index contributed by atoms with van der Waals surface area (Å²) in [6.07, 6.45) is 3.61. The smallest absolute Gasteiger partial charge is 0.414 e. The molecule has 3 atom stereocenters. The van der Waals surface area contributed by atoms with Gasteiger partial charge in [-0.2, -0.15) is 0 Å². The summed E-state index contributed by atoms with van der Waals surface area (Å²) in [7, 11) is 2.06. The van der Waals surface area contributed by atoms with E-state index in [2.05, 4.69) is 23.9 Å². The van der Waals surface area contributed by atoms with Gasteiger partial charge < -0.3 is 10.2 Å². The van der Waals surface area contributed by atoms with Crippen molar-refractivity contribution in [2.24, 2.45) is 11.8 Å². The van der Waals surface area contributed by atoms with Gasteiger partial charge >= 0.3 is 11.9 Å². The molecule has 1 aromatic heterocycles. The standard InChI is InChI=1S/C12H17FN2.C2H2O4/c1-9-8-15(2)12(11(9)6-13)10-4-3-5-14-7-10;3-1(4)2(5)6/h3-5,7,9,11-12H,6,8H2,1-2H3;(H,3,4)(H,5,6)/t9?,11?,12-;/m1./s1. The summed E-state index contributed by atoms with van der Waals surface area (Å²) in [6, 6.07) is 4.15. The molecule has 6 nitrogen and oxygen atoms in total. The first-order valence-electron chi connectivity index (χ1n) is 6.50. The molecule has 7 heteroatoms. The van der Waals surface area contributed by atoms with Crippen molar-refractivity contribution in [3.63, 3.8) is 0 Å². The van der Waals surface area contributed by atoms with E-state index in [-0.39, 0.29) is 18.6 Å². The van der Waals surface area contributed by atoms with Crippen molar-refractivity contribution >= 4 is 11.9 Å². The lowest BCUT2D eigenvalue weighted by Gasteiger charge is -2.23. The van der Waals surface area contributed by atoms with Gasteiger partial charge in [0, 0.05) is 30.9 Å². The first kappa shape index (κ1) is 17.0. The van der Waals surface area contributed by atoms with E-state index in [1.807, 2.05) is 18.3 Å². The molecule has 1 aromatic rings. The topological polar surface area (TPSA) is 90.7 Å². The lowest BCUT2D eigenvalue weighted by Crippen LogP contribution is -2.22. The molecular formula is C14H19FN2O4. The number of hydrogen-bond donors (Lipinski definition) is 2. The minimum Gasteiger partial charge on any atom is -0.473 e. The van der Waals surface area contributed by atoms with Crippen LogP contribution in [0.4, 0.5) is 4.39 Å². The Morgan fingerprint density at radius 2 is 2.05 bits per heavy atom. The van der Waals surface area contributed by atoms with Crippen LogP contribution in [-0.4, -0.2) is 52.3 Å². The quantitative estimate of drug-likeness (QED) is 0.803. The predicted octanol–water partition coefficient (Wildman–Crippen LogP) is 1.45. The Bertz CT molecular complexity index is 471. The number of pyridine rings is 1. The van der Waals surface area contributed by atoms with Crippen LogP contribution >= 0.6 is 0 Å². The number of carbonyl (C=O) groups is 2. The van der Waals surface area contributed by atoms with Crippen molar-refractivity contribution in [3.8, 4) is 0 Å². The molecular weight excluding hydrogens is 279 g/mol. The van der Waals surface area contributed by atoms with Crippen LogP contribution in [0.15, 0.2) is 24.5 Å². The minimum absolute atomic E-state index is 0.110. The molecule has 0 aromatic carbocycles. The molecule has 1 fully saturated rings. The highest BCUT2D eigenvalue weighted by Crippen LogP contribution is 2.39. The van der Waals surface area contributed by atoms with Gasteiger partial charge in [0.25, 0.3) is 0 Å². The molecule has 2 N–H and O–H groups in total. The van der Waals surface area contributed by atoms with Crippen LogP contribution in [0, 0.1) is 11.8 Å². The summed E-state index contributed by atoms with van der Waals surface area (Å²) in [6.45, 7) is 2.84. The highest BCUT2D eigenvalue weighted by atomic mass is 19.1. The Hall–Kier alpha value is -2.02. The first-order chi connectivity index (χ1) is 9.88. The molecule has 0 spiro atoms. The van der Waals surface area contributed by atoms with Crippen LogP contribution in [0.25, 0.3) is 0 Å². The fourth-order valence-electron chi connectivity index (χ4n) is 2.63. The van der Waals surface area contributed by atoms with E-state index in [1.165, 1.54) is 0 Å². The molecule has 0 aliphatic carbocycles. The van der Waals surface area contributed by atoms with E-state index in [4.69, 9.17) is 19.8 Å². The number of alkyl halides is 1. The highest BCUT2D eigenvalue weighted by molar-refractivity contribution is 6.27. The largest absolute Gasteiger partial charge is 0.473 e. The second kappa shape index (κ2) is 7.68. The zero-order valence-electron chi connectivity index (χ0n) is 11.9. The third-order valence-corrected chi connectivity index (χ3v) is 3.57. The van der Waals surface area contributed by atoms with Crippen LogP contribution in [0.2, 0.25) is 0 Å². The van der Waals surface area contributed by atoms with Gasteiger partial charge in [-0.3, -0.25) is 14.3 Å². The van der Waals surface area contributed by atoms with E-state index in [0.29, 0.717) is 5.92 Å². The van der Waals surface area contributed by atoms with E-state index < -0.39 is 11.9 Å². The Morgan fingerprint density at radius 1 is 1.43 bits per heavy atom. The SMILES string of the molecule is CC1CN(C)[C@H](c2cccnc2)C1CF.O=C(O)C(=O)O. The predicted molar refractivity (Wildman–Crippen MR) is 73.5 cm³/mol. The van der Waals surface area contributed by atoms with Crippen molar-refractivity contribution in [1.82, 2.24) is 9.88 Å². The van der Waals surface area contributed by atoms with Gasteiger partial charge in [-0.15, -0.1) is 0 Å². The third kappa shape index (κ3) is 4.49. The molecule has 2 unspecified atom stereocenters. The van der Waals surface area contributed by atoms with E-state index in [0.717, 1.165) is 12.1 Å². The molecule has 1 saturated heterocycles. The number of carboxylic acids is 2. The third-order valence-electron chi connectivity index (χ3n) is 3.57. The Labute approximate surface area is 122 Å². The number of nitrogens with zero attached hydrogens (tertiary/aromatic N) is 2. The Kier molecular flexibility index (Phi) is 6.23. The van der Waals surface area contributed by atoms with Crippen molar-refractivity contribution in [2.75, 3.05) is 20.3 Å². The summed E-state index contributed by atoms with van der Waals surface area (Å²) in [5, 5.41) is 14.8. The van der Waals surface area contributed by atoms with Crippen LogP contribution < -0.4 is 0 Å². The number of aliphatic carboxylic acids is 2. The molecule has 0 bridgehead atoms. The van der Waals surface area contributed by atoms with Crippen LogP contribution in [-0.2, 0) is 9.59 Å². The van der Waals surface area contributed by atoms with Gasteiger partial charge in [0.1, 0.15) is 0 Å². The van der Waals surface area contributed by atoms with Crippen LogP contribution in [0.5, 0.6) is 0 Å². The van der Waals surface area contributed by atoms with Crippen molar-refractivity contribution in [3.05, 3.63) is 30.1 Å². The number of rotatable bonds is 2. The zero-order valence-corrected chi connectivity index (χ0v) is 11.9. The molecule has 2 heterocycles. The van der Waals surface area contributed by atoms with E-state index >= 15 is 0 Å². The highest BCUT2D eigenvalue weighted by Gasteiger charge is 2.38. The number of hydrogen-bond acceptors (Lipinski definition) is 4. The summed E-state index contributed by atoms with van der Waals surface area (Å²) in [5.41, 5.74) is 1.13. The van der Waals surface area contributed by atoms with Crippen molar-refractivity contribution in [2.45, 2.75) is 13.0 Å². The second-order valence-electron chi connectivity index (χ2n) is 5.08. The monoisotopic (exact) mass is 298 g/mol. The van der Waals surface area contributed by atoms with Gasteiger partial charge in [-0.25, -0.2) is 9.59 Å². The van der Waals surface area contributed by atoms with E-state index in [1.54, 1.807) is 6.20 Å². The number of carboxylic acid groups (broad SMARTS) is 2. The van der Waals surface area contributed by atoms with Gasteiger partial charge in [-0.1, -0.05) is 13.0 Å². The maximum Gasteiger partial charge on any atom is 0.414 e. The van der Waals surface area contributed by atoms with E-state index in [9.17, 15) is 4.39 Å². The molecule has 1 aliphatic heterocycles. The summed E-state index contributed by atoms with van der Waals surface area (Å²) >= 11 is 0. The summed E-state index contributed by atoms with van der Waals surface area (Å²) < 4.78 is 13.0. The number of aromatic nitrogens is 1. The molecule has 0 radical (unpaired) electrons. The van der Waals surface area contributed by atoms with Gasteiger partial charge in [-0.05, 0) is 24.6 Å². The first-order valence-corrected chi connectivity index (χ1v) is 6.50. The van der Waals surface area contributed by atoms with Crippen LogP contribution in [0.1, 0.15) is 18.5 Å². The summed E-state index contributed by atoms with van der Waals surface area (Å²) in [4.78, 5) is 24.5. The van der Waals surface area contributed by atoms with Gasteiger partial charge in [0.05, 0.1) is 6.67 Å².